The molecular weight excluding hydrogens is 380 g/mol. The number of phenolic OH excluding ortho intramolecular Hbond substituents is 1. The zero-order valence-electron chi connectivity index (χ0n) is 15.8. The molecule has 148 valence electrons. The zero-order chi connectivity index (χ0) is 21.0. The van der Waals surface area contributed by atoms with Gasteiger partial charge in [-0.15, -0.1) is 0 Å². The van der Waals surface area contributed by atoms with E-state index in [-0.39, 0.29) is 39.3 Å². The molecule has 2 aliphatic rings. The minimum absolute atomic E-state index is 0.0103. The molecule has 0 amide bonds. The Balaban J connectivity index is 2.00. The van der Waals surface area contributed by atoms with Gasteiger partial charge in [-0.2, -0.15) is 0 Å². The summed E-state index contributed by atoms with van der Waals surface area (Å²) in [6, 6.07) is 4.12. The number of esters is 2. The number of ether oxygens (including phenoxy) is 3. The van der Waals surface area contributed by atoms with Gasteiger partial charge >= 0.3 is 11.9 Å². The van der Waals surface area contributed by atoms with E-state index in [0.29, 0.717) is 12.0 Å². The van der Waals surface area contributed by atoms with Crippen LogP contribution in [0.2, 0.25) is 0 Å². The second-order valence-electron chi connectivity index (χ2n) is 6.90. The third-order valence-corrected chi connectivity index (χ3v) is 4.91. The Bertz CT molecular complexity index is 1130. The fourth-order valence-corrected chi connectivity index (χ4v) is 3.74. The molecule has 1 aliphatic carbocycles. The van der Waals surface area contributed by atoms with Gasteiger partial charge in [0.05, 0.1) is 18.2 Å². The number of ketones is 2. The number of hydrogen-bond donors (Lipinski definition) is 1. The van der Waals surface area contributed by atoms with Crippen LogP contribution in [0.1, 0.15) is 61.6 Å². The maximum Gasteiger partial charge on any atom is 0.342 e. The number of aromatic hydroxyl groups is 1. The number of phenols is 1. The summed E-state index contributed by atoms with van der Waals surface area (Å²) in [5.41, 5.74) is -0.226. The number of carbonyl (C=O) groups is 4. The lowest BCUT2D eigenvalue weighted by Crippen LogP contribution is -2.29. The highest BCUT2D eigenvalue weighted by atomic mass is 16.5. The molecule has 0 saturated heterocycles. The monoisotopic (exact) mass is 396 g/mol. The average Bonchev–Trinajstić information content (AvgIpc) is 2.64. The molecule has 1 atom stereocenters. The standard InChI is InChI=1S/C21H16O8/c1-8-4-10-5-12-17(19(24)15(10)21(26)28-8)20(25)16-13(18(12)23)6-11(27-3)7-14(16)29-9(2)22/h5-8,24H,4H2,1-3H3. The van der Waals surface area contributed by atoms with Gasteiger partial charge < -0.3 is 19.3 Å². The second-order valence-corrected chi connectivity index (χ2v) is 6.90. The Hall–Kier alpha value is -3.68. The van der Waals surface area contributed by atoms with E-state index in [1.807, 2.05) is 0 Å². The van der Waals surface area contributed by atoms with Crippen molar-refractivity contribution in [1.82, 2.24) is 0 Å². The fourth-order valence-electron chi connectivity index (χ4n) is 3.74. The molecule has 2 aromatic rings. The lowest BCUT2D eigenvalue weighted by molar-refractivity contribution is -0.131. The van der Waals surface area contributed by atoms with Crippen molar-refractivity contribution in [2.45, 2.75) is 26.4 Å². The van der Waals surface area contributed by atoms with E-state index in [1.165, 1.54) is 25.3 Å². The number of methoxy groups -OCH3 is 1. The molecule has 0 fully saturated rings. The number of fused-ring (bicyclic) bond motifs is 3. The largest absolute Gasteiger partial charge is 0.506 e. The molecule has 0 bridgehead atoms. The first-order valence-electron chi connectivity index (χ1n) is 8.82. The number of benzene rings is 2. The first-order chi connectivity index (χ1) is 13.7. The van der Waals surface area contributed by atoms with Gasteiger partial charge in [0.25, 0.3) is 0 Å². The molecule has 0 radical (unpaired) electrons. The fraction of sp³-hybridized carbons (Fsp3) is 0.238. The van der Waals surface area contributed by atoms with Crippen LogP contribution >= 0.6 is 0 Å². The summed E-state index contributed by atoms with van der Waals surface area (Å²) in [5, 5.41) is 10.7. The van der Waals surface area contributed by atoms with E-state index in [4.69, 9.17) is 14.2 Å². The van der Waals surface area contributed by atoms with Crippen molar-refractivity contribution >= 4 is 23.5 Å². The Kier molecular flexibility index (Phi) is 4.15. The molecule has 1 unspecified atom stereocenters. The molecule has 29 heavy (non-hydrogen) atoms. The van der Waals surface area contributed by atoms with Gasteiger partial charge in [-0.1, -0.05) is 0 Å². The summed E-state index contributed by atoms with van der Waals surface area (Å²) >= 11 is 0. The summed E-state index contributed by atoms with van der Waals surface area (Å²) in [5.74, 6) is -3.29. The van der Waals surface area contributed by atoms with Crippen LogP contribution in [0.25, 0.3) is 0 Å². The van der Waals surface area contributed by atoms with E-state index in [0.717, 1.165) is 6.92 Å². The van der Waals surface area contributed by atoms with Gasteiger partial charge in [-0.3, -0.25) is 14.4 Å². The van der Waals surface area contributed by atoms with E-state index in [2.05, 4.69) is 0 Å². The van der Waals surface area contributed by atoms with Crippen molar-refractivity contribution < 1.29 is 38.5 Å². The maximum absolute atomic E-state index is 13.2. The van der Waals surface area contributed by atoms with Crippen LogP contribution in [-0.2, 0) is 16.0 Å². The molecule has 0 aromatic heterocycles. The molecule has 0 spiro atoms. The Morgan fingerprint density at radius 1 is 1.07 bits per heavy atom. The van der Waals surface area contributed by atoms with Gasteiger partial charge in [0.15, 0.2) is 5.78 Å². The smallest absolute Gasteiger partial charge is 0.342 e. The van der Waals surface area contributed by atoms with Crippen LogP contribution in [0.15, 0.2) is 18.2 Å². The number of hydrogen-bond acceptors (Lipinski definition) is 8. The summed E-state index contributed by atoms with van der Waals surface area (Å²) in [6.07, 6.45) is -0.127. The average molecular weight is 396 g/mol. The second kappa shape index (κ2) is 6.44. The zero-order valence-corrected chi connectivity index (χ0v) is 15.8. The summed E-state index contributed by atoms with van der Waals surface area (Å²) in [4.78, 5) is 50.2. The van der Waals surface area contributed by atoms with Crippen LogP contribution in [0.5, 0.6) is 17.2 Å². The van der Waals surface area contributed by atoms with Crippen molar-refractivity contribution in [3.8, 4) is 17.2 Å². The van der Waals surface area contributed by atoms with E-state index in [1.54, 1.807) is 6.92 Å². The molecular formula is C21H16O8. The molecule has 1 heterocycles. The van der Waals surface area contributed by atoms with Crippen LogP contribution in [-0.4, -0.2) is 41.8 Å². The van der Waals surface area contributed by atoms with Gasteiger partial charge in [-0.05, 0) is 24.6 Å². The van der Waals surface area contributed by atoms with E-state index >= 15 is 0 Å². The molecule has 2 aromatic carbocycles. The molecule has 8 nitrogen and oxygen atoms in total. The van der Waals surface area contributed by atoms with Crippen molar-refractivity contribution in [3.63, 3.8) is 0 Å². The summed E-state index contributed by atoms with van der Waals surface area (Å²) in [6.45, 7) is 2.84. The third kappa shape index (κ3) is 2.75. The Morgan fingerprint density at radius 3 is 2.41 bits per heavy atom. The summed E-state index contributed by atoms with van der Waals surface area (Å²) < 4.78 is 15.4. The topological polar surface area (TPSA) is 116 Å². The lowest BCUT2D eigenvalue weighted by atomic mass is 9.79. The molecule has 8 heteroatoms. The molecule has 1 N–H and O–H groups in total. The van der Waals surface area contributed by atoms with Gasteiger partial charge in [0.1, 0.15) is 28.9 Å². The number of carbonyl (C=O) groups excluding carboxylic acids is 4. The SMILES string of the molecule is COc1cc(OC(C)=O)c2c(c1)C(=O)c1cc3c(c(O)c1C2=O)C(=O)OC(C)C3. The van der Waals surface area contributed by atoms with Crippen LogP contribution in [0, 0.1) is 0 Å². The highest BCUT2D eigenvalue weighted by Crippen LogP contribution is 2.42. The van der Waals surface area contributed by atoms with Crippen molar-refractivity contribution in [1.29, 1.82) is 0 Å². The Labute approximate surface area is 165 Å². The summed E-state index contributed by atoms with van der Waals surface area (Å²) in [7, 11) is 1.37. The van der Waals surface area contributed by atoms with Gasteiger partial charge in [0.2, 0.25) is 5.78 Å². The van der Waals surface area contributed by atoms with E-state index < -0.39 is 35.4 Å². The third-order valence-electron chi connectivity index (χ3n) is 4.91. The van der Waals surface area contributed by atoms with Crippen LogP contribution in [0.4, 0.5) is 0 Å². The van der Waals surface area contributed by atoms with E-state index in [9.17, 15) is 24.3 Å². The number of rotatable bonds is 2. The van der Waals surface area contributed by atoms with Crippen molar-refractivity contribution in [2.24, 2.45) is 0 Å². The quantitative estimate of drug-likeness (QED) is 0.518. The Morgan fingerprint density at radius 2 is 1.76 bits per heavy atom. The molecule has 1 aliphatic heterocycles. The minimum Gasteiger partial charge on any atom is -0.506 e. The highest BCUT2D eigenvalue weighted by molar-refractivity contribution is 6.31. The molecule has 0 saturated carbocycles. The van der Waals surface area contributed by atoms with Gasteiger partial charge in [0, 0.05) is 30.5 Å². The highest BCUT2D eigenvalue weighted by Gasteiger charge is 2.40. The maximum atomic E-state index is 13.2. The predicted molar refractivity (Wildman–Crippen MR) is 97.9 cm³/mol. The van der Waals surface area contributed by atoms with Crippen LogP contribution < -0.4 is 9.47 Å². The normalized spacial score (nSPS) is 17.1. The molecule has 4 rings (SSSR count). The van der Waals surface area contributed by atoms with Gasteiger partial charge in [-0.25, -0.2) is 4.79 Å². The first-order valence-corrected chi connectivity index (χ1v) is 8.82. The van der Waals surface area contributed by atoms with Crippen molar-refractivity contribution in [3.05, 3.63) is 51.6 Å². The lowest BCUT2D eigenvalue weighted by Gasteiger charge is -2.27. The number of cyclic esters (lactones) is 1. The minimum atomic E-state index is -0.764. The van der Waals surface area contributed by atoms with Crippen molar-refractivity contribution in [2.75, 3.05) is 7.11 Å². The predicted octanol–water partition coefficient (Wildman–Crippen LogP) is 2.20. The van der Waals surface area contributed by atoms with Crippen LogP contribution in [0.3, 0.4) is 0 Å². The first kappa shape index (κ1) is 18.7.